The second-order valence-electron chi connectivity index (χ2n) is 2.39. The van der Waals surface area contributed by atoms with Gasteiger partial charge in [0.25, 0.3) is 0 Å². The fourth-order valence-electron chi connectivity index (χ4n) is 0.781. The van der Waals surface area contributed by atoms with Crippen LogP contribution in [0, 0.1) is 6.92 Å². The van der Waals surface area contributed by atoms with Gasteiger partial charge in [0, 0.05) is 5.69 Å². The molecule has 12 heavy (non-hydrogen) atoms. The van der Waals surface area contributed by atoms with E-state index in [4.69, 9.17) is 0 Å². The molecule has 0 spiro atoms. The highest BCUT2D eigenvalue weighted by atomic mass is 16.1. The highest BCUT2D eigenvalue weighted by Crippen LogP contribution is 2.07. The highest BCUT2D eigenvalue weighted by molar-refractivity contribution is 5.98. The molecule has 1 aromatic carbocycles. The van der Waals surface area contributed by atoms with Crippen molar-refractivity contribution in [3.05, 3.63) is 49.4 Å². The number of benzene rings is 1. The van der Waals surface area contributed by atoms with Gasteiger partial charge in [0.05, 0.1) is 0 Å². The zero-order valence-corrected chi connectivity index (χ0v) is 6.71. The molecule has 2 heteroatoms. The number of carbonyl (C=O) groups excluding carboxylic acids is 1. The van der Waals surface area contributed by atoms with Gasteiger partial charge in [-0.15, -0.1) is 0 Å². The lowest BCUT2D eigenvalue weighted by Crippen LogP contribution is -2.06. The molecule has 0 heterocycles. The van der Waals surface area contributed by atoms with Gasteiger partial charge >= 0.3 is 0 Å². The Morgan fingerprint density at radius 2 is 1.92 bits per heavy atom. The van der Waals surface area contributed by atoms with Crippen molar-refractivity contribution in [1.82, 2.24) is 0 Å². The molecule has 1 aromatic rings. The Balaban J connectivity index is 2.71. The fourth-order valence-corrected chi connectivity index (χ4v) is 0.781. The fraction of sp³-hybridized carbons (Fsp3) is 0. The zero-order chi connectivity index (χ0) is 8.97. The molecule has 0 aliphatic heterocycles. The Kier molecular flexibility index (Phi) is 2.64. The number of anilines is 1. The molecule has 0 unspecified atom stereocenters. The third kappa shape index (κ3) is 2.23. The van der Waals surface area contributed by atoms with Gasteiger partial charge in [0.1, 0.15) is 0 Å². The molecule has 0 saturated heterocycles. The van der Waals surface area contributed by atoms with Gasteiger partial charge in [0.2, 0.25) is 5.91 Å². The van der Waals surface area contributed by atoms with Crippen LogP contribution in [0.3, 0.4) is 0 Å². The maximum atomic E-state index is 10.8. The lowest BCUT2D eigenvalue weighted by molar-refractivity contribution is -0.111. The minimum absolute atomic E-state index is 0.202. The average Bonchev–Trinajstić information content (AvgIpc) is 2.09. The van der Waals surface area contributed by atoms with Crippen molar-refractivity contribution in [1.29, 1.82) is 0 Å². The molecule has 0 saturated carbocycles. The number of amides is 1. The van der Waals surface area contributed by atoms with E-state index in [0.717, 1.165) is 11.3 Å². The maximum absolute atomic E-state index is 10.8. The van der Waals surface area contributed by atoms with E-state index in [1.165, 1.54) is 6.08 Å². The first-order chi connectivity index (χ1) is 5.72. The topological polar surface area (TPSA) is 29.1 Å². The summed E-state index contributed by atoms with van der Waals surface area (Å²) in [5, 5.41) is 2.63. The third-order valence-corrected chi connectivity index (χ3v) is 1.41. The second kappa shape index (κ2) is 3.72. The average molecular weight is 160 g/mol. The van der Waals surface area contributed by atoms with E-state index >= 15 is 0 Å². The summed E-state index contributed by atoms with van der Waals surface area (Å²) < 4.78 is 0. The molecule has 0 bridgehead atoms. The molecule has 0 aromatic heterocycles. The summed E-state index contributed by atoms with van der Waals surface area (Å²) in [4.78, 5) is 10.8. The van der Waals surface area contributed by atoms with Crippen LogP contribution in [0.4, 0.5) is 5.69 Å². The van der Waals surface area contributed by atoms with Crippen LogP contribution in [0.15, 0.2) is 36.9 Å². The number of rotatable bonds is 2. The SMILES string of the molecule is [CH2]c1ccc(NC(=O)C=C)cc1. The van der Waals surface area contributed by atoms with Crippen LogP contribution in [0.1, 0.15) is 5.56 Å². The highest BCUT2D eigenvalue weighted by Gasteiger charge is 1.94. The van der Waals surface area contributed by atoms with Gasteiger partial charge < -0.3 is 5.32 Å². The van der Waals surface area contributed by atoms with Crippen molar-refractivity contribution in [2.75, 3.05) is 5.32 Å². The van der Waals surface area contributed by atoms with Crippen molar-refractivity contribution in [2.24, 2.45) is 0 Å². The summed E-state index contributed by atoms with van der Waals surface area (Å²) in [5.74, 6) is -0.202. The Morgan fingerprint density at radius 1 is 1.33 bits per heavy atom. The van der Waals surface area contributed by atoms with Crippen molar-refractivity contribution >= 4 is 11.6 Å². The molecule has 0 aliphatic carbocycles. The Bertz CT molecular complexity index is 287. The van der Waals surface area contributed by atoms with Gasteiger partial charge in [-0.25, -0.2) is 0 Å². The summed E-state index contributed by atoms with van der Waals surface area (Å²) in [6.07, 6.45) is 1.23. The van der Waals surface area contributed by atoms with Gasteiger partial charge in [0.15, 0.2) is 0 Å². The van der Waals surface area contributed by atoms with Crippen molar-refractivity contribution in [2.45, 2.75) is 0 Å². The summed E-state index contributed by atoms with van der Waals surface area (Å²) in [6, 6.07) is 7.25. The van der Waals surface area contributed by atoms with Gasteiger partial charge in [-0.2, -0.15) is 0 Å². The molecular weight excluding hydrogens is 150 g/mol. The van der Waals surface area contributed by atoms with Crippen molar-refractivity contribution < 1.29 is 4.79 Å². The van der Waals surface area contributed by atoms with Crippen molar-refractivity contribution in [3.8, 4) is 0 Å². The smallest absolute Gasteiger partial charge is 0.247 e. The molecule has 1 N–H and O–H groups in total. The molecule has 1 rings (SSSR count). The second-order valence-corrected chi connectivity index (χ2v) is 2.39. The molecule has 0 aliphatic rings. The standard InChI is InChI=1S/C10H10NO/c1-3-10(12)11-9-6-4-8(2)5-7-9/h3-7H,1-2H2,(H,11,12). The quantitative estimate of drug-likeness (QED) is 0.658. The van der Waals surface area contributed by atoms with Crippen LogP contribution in [0.5, 0.6) is 0 Å². The molecule has 2 nitrogen and oxygen atoms in total. The van der Waals surface area contributed by atoms with Crippen LogP contribution in [0.2, 0.25) is 0 Å². The Hall–Kier alpha value is -1.57. The summed E-state index contributed by atoms with van der Waals surface area (Å²) in [7, 11) is 0. The van der Waals surface area contributed by atoms with Crippen LogP contribution in [-0.4, -0.2) is 5.91 Å². The molecule has 0 fully saturated rings. The molecule has 1 amide bonds. The molecule has 0 atom stereocenters. The molecule has 1 radical (unpaired) electrons. The van der Waals surface area contributed by atoms with Crippen molar-refractivity contribution in [3.63, 3.8) is 0 Å². The van der Waals surface area contributed by atoms with Crippen LogP contribution in [0.25, 0.3) is 0 Å². The summed E-state index contributed by atoms with van der Waals surface area (Å²) in [6.45, 7) is 7.08. The predicted molar refractivity (Wildman–Crippen MR) is 49.7 cm³/mol. The maximum Gasteiger partial charge on any atom is 0.247 e. The number of hydrogen-bond donors (Lipinski definition) is 1. The van der Waals surface area contributed by atoms with Crippen LogP contribution in [-0.2, 0) is 4.79 Å². The Labute approximate surface area is 71.9 Å². The van der Waals surface area contributed by atoms with E-state index in [2.05, 4.69) is 18.8 Å². The summed E-state index contributed by atoms with van der Waals surface area (Å²) >= 11 is 0. The van der Waals surface area contributed by atoms with E-state index in [1.807, 2.05) is 12.1 Å². The first-order valence-electron chi connectivity index (χ1n) is 3.58. The summed E-state index contributed by atoms with van der Waals surface area (Å²) in [5.41, 5.74) is 1.68. The van der Waals surface area contributed by atoms with E-state index in [9.17, 15) is 4.79 Å². The van der Waals surface area contributed by atoms with Crippen LogP contribution >= 0.6 is 0 Å². The largest absolute Gasteiger partial charge is 0.323 e. The number of carbonyl (C=O) groups is 1. The van der Waals surface area contributed by atoms with Gasteiger partial charge in [-0.1, -0.05) is 18.7 Å². The monoisotopic (exact) mass is 160 g/mol. The lowest BCUT2D eigenvalue weighted by Gasteiger charge is -2.00. The van der Waals surface area contributed by atoms with E-state index in [0.29, 0.717) is 0 Å². The zero-order valence-electron chi connectivity index (χ0n) is 6.71. The first kappa shape index (κ1) is 8.53. The molecule has 61 valence electrons. The third-order valence-electron chi connectivity index (χ3n) is 1.41. The van der Waals surface area contributed by atoms with E-state index in [-0.39, 0.29) is 5.91 Å². The lowest BCUT2D eigenvalue weighted by atomic mass is 10.2. The van der Waals surface area contributed by atoms with Gasteiger partial charge in [-0.3, -0.25) is 4.79 Å². The number of nitrogens with one attached hydrogen (secondary N) is 1. The van der Waals surface area contributed by atoms with E-state index < -0.39 is 0 Å². The van der Waals surface area contributed by atoms with Crippen LogP contribution < -0.4 is 5.32 Å². The Morgan fingerprint density at radius 3 is 2.42 bits per heavy atom. The van der Waals surface area contributed by atoms with E-state index in [1.54, 1.807) is 12.1 Å². The molecular formula is C10H10NO. The van der Waals surface area contributed by atoms with Gasteiger partial charge in [-0.05, 0) is 30.7 Å². The normalized spacial score (nSPS) is 9.08. The minimum atomic E-state index is -0.202. The first-order valence-corrected chi connectivity index (χ1v) is 3.58. The number of hydrogen-bond acceptors (Lipinski definition) is 1. The minimum Gasteiger partial charge on any atom is -0.323 e. The predicted octanol–water partition coefficient (Wildman–Crippen LogP) is 1.99.